The van der Waals surface area contributed by atoms with Crippen LogP contribution in [0.15, 0.2) is 18.2 Å². The number of carboxylic acids is 1. The minimum Gasteiger partial charge on any atom is -0.481 e. The molecule has 6 heteroatoms. The summed E-state index contributed by atoms with van der Waals surface area (Å²) in [4.78, 5) is 22.9. The molecule has 1 amide bonds. The quantitative estimate of drug-likeness (QED) is 0.848. The van der Waals surface area contributed by atoms with Crippen molar-refractivity contribution in [2.24, 2.45) is 5.92 Å². The van der Waals surface area contributed by atoms with E-state index in [0.717, 1.165) is 6.42 Å². The lowest BCUT2D eigenvalue weighted by molar-refractivity contribution is -0.141. The van der Waals surface area contributed by atoms with Crippen LogP contribution in [0.25, 0.3) is 0 Å². The summed E-state index contributed by atoms with van der Waals surface area (Å²) in [5.41, 5.74) is 0.245. The zero-order valence-electron chi connectivity index (χ0n) is 10.5. The van der Waals surface area contributed by atoms with Crippen LogP contribution >= 0.6 is 23.2 Å². The largest absolute Gasteiger partial charge is 0.481 e. The third kappa shape index (κ3) is 4.40. The Morgan fingerprint density at radius 2 is 2.05 bits per heavy atom. The first kappa shape index (κ1) is 15.8. The monoisotopic (exact) mass is 303 g/mol. The summed E-state index contributed by atoms with van der Waals surface area (Å²) in [5.74, 6) is -1.93. The fourth-order valence-corrected chi connectivity index (χ4v) is 2.04. The predicted octanol–water partition coefficient (Wildman–Crippen LogP) is 3.22. The van der Waals surface area contributed by atoms with Crippen LogP contribution in [0.4, 0.5) is 0 Å². The highest BCUT2D eigenvalue weighted by atomic mass is 35.5. The number of hydrogen-bond acceptors (Lipinski definition) is 2. The number of benzene rings is 1. The normalized spacial score (nSPS) is 11.9. The molecule has 0 aliphatic rings. The van der Waals surface area contributed by atoms with Gasteiger partial charge in [-0.25, -0.2) is 0 Å². The third-order valence-corrected chi connectivity index (χ3v) is 3.51. The molecule has 0 heterocycles. The van der Waals surface area contributed by atoms with Crippen LogP contribution < -0.4 is 5.32 Å². The second kappa shape index (κ2) is 7.36. The second-order valence-electron chi connectivity index (χ2n) is 4.14. The molecule has 0 radical (unpaired) electrons. The van der Waals surface area contributed by atoms with Gasteiger partial charge in [0.2, 0.25) is 0 Å². The molecule has 0 aliphatic heterocycles. The topological polar surface area (TPSA) is 66.4 Å². The van der Waals surface area contributed by atoms with Gasteiger partial charge < -0.3 is 10.4 Å². The standard InChI is InChI=1S/C13H15Cl2NO3/c1-2-4-8(13(18)19)7-16-12(17)9-5-3-6-10(14)11(9)15/h3,5-6,8H,2,4,7H2,1H3,(H,16,17)(H,18,19). The molecule has 0 bridgehead atoms. The van der Waals surface area contributed by atoms with Crippen molar-refractivity contribution in [3.05, 3.63) is 33.8 Å². The molecule has 0 saturated carbocycles. The van der Waals surface area contributed by atoms with E-state index in [0.29, 0.717) is 6.42 Å². The van der Waals surface area contributed by atoms with Crippen molar-refractivity contribution in [1.82, 2.24) is 5.32 Å². The van der Waals surface area contributed by atoms with Gasteiger partial charge in [0.05, 0.1) is 21.5 Å². The second-order valence-corrected chi connectivity index (χ2v) is 4.92. The van der Waals surface area contributed by atoms with Gasteiger partial charge in [-0.2, -0.15) is 0 Å². The van der Waals surface area contributed by atoms with E-state index in [1.54, 1.807) is 18.2 Å². The highest BCUT2D eigenvalue weighted by Crippen LogP contribution is 2.25. The molecule has 4 nitrogen and oxygen atoms in total. The number of aliphatic carboxylic acids is 1. The van der Waals surface area contributed by atoms with Gasteiger partial charge in [0.25, 0.3) is 5.91 Å². The van der Waals surface area contributed by atoms with Gasteiger partial charge in [0.1, 0.15) is 0 Å². The molecule has 1 aromatic carbocycles. The number of carbonyl (C=O) groups is 2. The van der Waals surface area contributed by atoms with Gasteiger partial charge in [-0.15, -0.1) is 0 Å². The number of hydrogen-bond donors (Lipinski definition) is 2. The van der Waals surface area contributed by atoms with Gasteiger partial charge in [-0.05, 0) is 18.6 Å². The molecule has 1 unspecified atom stereocenters. The first-order valence-electron chi connectivity index (χ1n) is 5.92. The van der Waals surface area contributed by atoms with Crippen molar-refractivity contribution in [2.75, 3.05) is 6.54 Å². The number of carboxylic acid groups (broad SMARTS) is 1. The summed E-state index contributed by atoms with van der Waals surface area (Å²) < 4.78 is 0. The predicted molar refractivity (Wildman–Crippen MR) is 74.8 cm³/mol. The maximum atomic E-state index is 11.9. The summed E-state index contributed by atoms with van der Waals surface area (Å²) in [6.45, 7) is 1.97. The Balaban J connectivity index is 2.69. The number of carbonyl (C=O) groups excluding carboxylic acids is 1. The van der Waals surface area contributed by atoms with Crippen molar-refractivity contribution in [3.63, 3.8) is 0 Å². The molecule has 0 fully saturated rings. The minimum atomic E-state index is -0.917. The van der Waals surface area contributed by atoms with E-state index in [4.69, 9.17) is 28.3 Å². The van der Waals surface area contributed by atoms with E-state index in [1.807, 2.05) is 6.92 Å². The molecule has 19 heavy (non-hydrogen) atoms. The smallest absolute Gasteiger partial charge is 0.308 e. The zero-order chi connectivity index (χ0) is 14.4. The summed E-state index contributed by atoms with van der Waals surface area (Å²) in [6.07, 6.45) is 1.25. The molecular formula is C13H15Cl2NO3. The fourth-order valence-electron chi connectivity index (χ4n) is 1.65. The van der Waals surface area contributed by atoms with Crippen LogP contribution in [0, 0.1) is 5.92 Å². The van der Waals surface area contributed by atoms with Crippen molar-refractivity contribution in [3.8, 4) is 0 Å². The lowest BCUT2D eigenvalue weighted by Gasteiger charge is -2.13. The first-order valence-corrected chi connectivity index (χ1v) is 6.68. The molecule has 0 aliphatic carbocycles. The van der Waals surface area contributed by atoms with E-state index in [9.17, 15) is 9.59 Å². The molecule has 104 valence electrons. The van der Waals surface area contributed by atoms with E-state index < -0.39 is 17.8 Å². The van der Waals surface area contributed by atoms with E-state index >= 15 is 0 Å². The average molecular weight is 304 g/mol. The van der Waals surface area contributed by atoms with Crippen molar-refractivity contribution >= 4 is 35.1 Å². The van der Waals surface area contributed by atoms with Crippen molar-refractivity contribution in [2.45, 2.75) is 19.8 Å². The Hall–Kier alpha value is -1.26. The molecule has 0 spiro atoms. The number of rotatable bonds is 6. The van der Waals surface area contributed by atoms with Crippen LogP contribution in [0.5, 0.6) is 0 Å². The van der Waals surface area contributed by atoms with Crippen LogP contribution in [-0.2, 0) is 4.79 Å². The molecule has 1 atom stereocenters. The van der Waals surface area contributed by atoms with Crippen LogP contribution in [0.1, 0.15) is 30.1 Å². The minimum absolute atomic E-state index is 0.0743. The lowest BCUT2D eigenvalue weighted by atomic mass is 10.0. The highest BCUT2D eigenvalue weighted by Gasteiger charge is 2.19. The zero-order valence-corrected chi connectivity index (χ0v) is 12.0. The van der Waals surface area contributed by atoms with E-state index in [1.165, 1.54) is 0 Å². The molecule has 0 saturated heterocycles. The van der Waals surface area contributed by atoms with E-state index in [2.05, 4.69) is 5.32 Å². The molecule has 2 N–H and O–H groups in total. The summed E-state index contributed by atoms with van der Waals surface area (Å²) in [6, 6.07) is 4.74. The average Bonchev–Trinajstić information content (AvgIpc) is 2.37. The van der Waals surface area contributed by atoms with Crippen molar-refractivity contribution in [1.29, 1.82) is 0 Å². The van der Waals surface area contributed by atoms with Gasteiger partial charge in [0.15, 0.2) is 0 Å². The molecule has 0 aromatic heterocycles. The number of amides is 1. The third-order valence-electron chi connectivity index (χ3n) is 2.69. The Kier molecular flexibility index (Phi) is 6.12. The summed E-state index contributed by atoms with van der Waals surface area (Å²) in [7, 11) is 0. The lowest BCUT2D eigenvalue weighted by Crippen LogP contribution is -2.33. The van der Waals surface area contributed by atoms with Crippen LogP contribution in [0.3, 0.4) is 0 Å². The Bertz CT molecular complexity index is 477. The molecule has 1 rings (SSSR count). The summed E-state index contributed by atoms with van der Waals surface area (Å²) >= 11 is 11.7. The Labute approximate surface area is 121 Å². The maximum absolute atomic E-state index is 11.9. The molecule has 1 aromatic rings. The van der Waals surface area contributed by atoms with E-state index in [-0.39, 0.29) is 22.2 Å². The first-order chi connectivity index (χ1) is 8.97. The highest BCUT2D eigenvalue weighted by molar-refractivity contribution is 6.43. The van der Waals surface area contributed by atoms with Crippen molar-refractivity contribution < 1.29 is 14.7 Å². The summed E-state index contributed by atoms with van der Waals surface area (Å²) in [5, 5.41) is 12.0. The van der Waals surface area contributed by atoms with Gasteiger partial charge in [-0.1, -0.05) is 42.6 Å². The number of halogens is 2. The maximum Gasteiger partial charge on any atom is 0.308 e. The van der Waals surface area contributed by atoms with Crippen LogP contribution in [-0.4, -0.2) is 23.5 Å². The van der Waals surface area contributed by atoms with Gasteiger partial charge in [-0.3, -0.25) is 9.59 Å². The fraction of sp³-hybridized carbons (Fsp3) is 0.385. The van der Waals surface area contributed by atoms with Gasteiger partial charge >= 0.3 is 5.97 Å². The SMILES string of the molecule is CCCC(CNC(=O)c1cccc(Cl)c1Cl)C(=O)O. The number of nitrogens with one attached hydrogen (secondary N) is 1. The van der Waals surface area contributed by atoms with Crippen LogP contribution in [0.2, 0.25) is 10.0 Å². The van der Waals surface area contributed by atoms with Gasteiger partial charge in [0, 0.05) is 6.54 Å². The molecular weight excluding hydrogens is 289 g/mol. The Morgan fingerprint density at radius 1 is 1.37 bits per heavy atom. The Morgan fingerprint density at radius 3 is 2.63 bits per heavy atom.